The Morgan fingerprint density at radius 3 is 2.63 bits per heavy atom. The maximum absolute atomic E-state index is 13.7. The maximum atomic E-state index is 13.7. The van der Waals surface area contributed by atoms with Crippen LogP contribution in [0.4, 0.5) is 14.7 Å². The highest BCUT2D eigenvalue weighted by molar-refractivity contribution is 6.30. The number of halogens is 4. The molecule has 0 bridgehead atoms. The number of benzene rings is 1. The number of nitrogens with one attached hydrogen (secondary N) is 1. The summed E-state index contributed by atoms with van der Waals surface area (Å²) in [6.45, 7) is 1.96. The fourth-order valence-corrected chi connectivity index (χ4v) is 3.04. The molecule has 4 rings (SSSR count). The molecule has 1 N–H and O–H groups in total. The van der Waals surface area contributed by atoms with E-state index >= 15 is 0 Å². The average molecular weight is 452 g/mol. The summed E-state index contributed by atoms with van der Waals surface area (Å²) < 4.78 is 29.7. The Morgan fingerprint density at radius 1 is 1.20 bits per heavy atom. The SMILES string of the molecule is Cc1cc(C(F)(F)Cl)n2nc(C(=O)Nc3ncn(Cc4ccc(Cl)cc4)n3)cc2n1. The van der Waals surface area contributed by atoms with E-state index in [4.69, 9.17) is 23.2 Å². The van der Waals surface area contributed by atoms with E-state index in [1.165, 1.54) is 24.0 Å². The van der Waals surface area contributed by atoms with Gasteiger partial charge in [-0.05, 0) is 42.3 Å². The van der Waals surface area contributed by atoms with Crippen LogP contribution < -0.4 is 5.32 Å². The van der Waals surface area contributed by atoms with Crippen LogP contribution in [0.3, 0.4) is 0 Å². The van der Waals surface area contributed by atoms with Gasteiger partial charge in [0.1, 0.15) is 12.0 Å². The van der Waals surface area contributed by atoms with Crippen LogP contribution in [0.5, 0.6) is 0 Å². The second-order valence-electron chi connectivity index (χ2n) is 6.43. The van der Waals surface area contributed by atoms with E-state index in [1.54, 1.807) is 12.1 Å². The number of fused-ring (bicyclic) bond motifs is 1. The Labute approximate surface area is 178 Å². The van der Waals surface area contributed by atoms with Gasteiger partial charge in [-0.1, -0.05) is 23.7 Å². The predicted octanol–water partition coefficient (Wildman–Crippen LogP) is 3.87. The van der Waals surface area contributed by atoms with E-state index in [0.717, 1.165) is 16.1 Å². The van der Waals surface area contributed by atoms with Crippen LogP contribution in [-0.4, -0.2) is 35.3 Å². The number of amides is 1. The van der Waals surface area contributed by atoms with Crippen molar-refractivity contribution in [2.45, 2.75) is 18.9 Å². The van der Waals surface area contributed by atoms with Gasteiger partial charge in [-0.2, -0.15) is 13.9 Å². The molecule has 0 saturated heterocycles. The first kappa shape index (κ1) is 20.2. The van der Waals surface area contributed by atoms with Crippen molar-refractivity contribution in [3.05, 3.63) is 70.4 Å². The summed E-state index contributed by atoms with van der Waals surface area (Å²) in [4.78, 5) is 20.6. The summed E-state index contributed by atoms with van der Waals surface area (Å²) in [7, 11) is 0. The molecule has 0 fully saturated rings. The molecule has 0 atom stereocenters. The van der Waals surface area contributed by atoms with Gasteiger partial charge in [0.25, 0.3) is 5.91 Å². The minimum absolute atomic E-state index is 0.0399. The number of hydrogen-bond donors (Lipinski definition) is 1. The largest absolute Gasteiger partial charge is 0.364 e. The van der Waals surface area contributed by atoms with Gasteiger partial charge >= 0.3 is 5.38 Å². The number of hydrogen-bond acceptors (Lipinski definition) is 5. The fraction of sp³-hybridized carbons (Fsp3) is 0.167. The number of alkyl halides is 3. The molecule has 0 aliphatic heterocycles. The van der Waals surface area contributed by atoms with Gasteiger partial charge in [0.2, 0.25) is 5.95 Å². The molecule has 0 aliphatic rings. The number of carbonyl (C=O) groups excluding carboxylic acids is 1. The highest BCUT2D eigenvalue weighted by Gasteiger charge is 2.32. The fourth-order valence-electron chi connectivity index (χ4n) is 2.78. The summed E-state index contributed by atoms with van der Waals surface area (Å²) in [6.07, 6.45) is 1.45. The third kappa shape index (κ3) is 4.24. The highest BCUT2D eigenvalue weighted by atomic mass is 35.5. The van der Waals surface area contributed by atoms with Gasteiger partial charge in [-0.15, -0.1) is 5.10 Å². The summed E-state index contributed by atoms with van der Waals surface area (Å²) in [5, 5.41) is 7.50. The monoisotopic (exact) mass is 451 g/mol. The zero-order valence-electron chi connectivity index (χ0n) is 15.4. The maximum Gasteiger partial charge on any atom is 0.364 e. The van der Waals surface area contributed by atoms with Gasteiger partial charge in [0.15, 0.2) is 11.3 Å². The van der Waals surface area contributed by atoms with Crippen LogP contribution in [0.15, 0.2) is 42.7 Å². The van der Waals surface area contributed by atoms with Crippen molar-refractivity contribution < 1.29 is 13.6 Å². The molecule has 12 heteroatoms. The minimum atomic E-state index is -3.67. The zero-order valence-corrected chi connectivity index (χ0v) is 16.9. The molecule has 3 aromatic heterocycles. The number of aromatic nitrogens is 6. The van der Waals surface area contributed by atoms with Crippen LogP contribution in [0.1, 0.15) is 27.4 Å². The lowest BCUT2D eigenvalue weighted by molar-refractivity contribution is 0.0868. The van der Waals surface area contributed by atoms with Crippen molar-refractivity contribution >= 4 is 40.7 Å². The van der Waals surface area contributed by atoms with Crippen molar-refractivity contribution in [1.82, 2.24) is 29.4 Å². The van der Waals surface area contributed by atoms with Crippen LogP contribution in [0.2, 0.25) is 5.02 Å². The van der Waals surface area contributed by atoms with Gasteiger partial charge in [-0.25, -0.2) is 19.2 Å². The lowest BCUT2D eigenvalue weighted by Crippen LogP contribution is -2.16. The van der Waals surface area contributed by atoms with E-state index in [1.807, 2.05) is 12.1 Å². The van der Waals surface area contributed by atoms with Crippen molar-refractivity contribution in [1.29, 1.82) is 0 Å². The quantitative estimate of drug-likeness (QED) is 0.465. The van der Waals surface area contributed by atoms with Crippen molar-refractivity contribution in [3.63, 3.8) is 0 Å². The Kier molecular flexibility index (Phi) is 5.12. The second-order valence-corrected chi connectivity index (χ2v) is 7.34. The average Bonchev–Trinajstić information content (AvgIpc) is 3.28. The van der Waals surface area contributed by atoms with Crippen LogP contribution >= 0.6 is 23.2 Å². The van der Waals surface area contributed by atoms with E-state index < -0.39 is 17.0 Å². The number of rotatable bonds is 5. The molecule has 30 heavy (non-hydrogen) atoms. The van der Waals surface area contributed by atoms with Crippen LogP contribution in [-0.2, 0) is 11.9 Å². The normalized spacial score (nSPS) is 11.8. The molecule has 0 saturated carbocycles. The van der Waals surface area contributed by atoms with Gasteiger partial charge < -0.3 is 0 Å². The van der Waals surface area contributed by atoms with Crippen molar-refractivity contribution in [2.75, 3.05) is 5.32 Å². The lowest BCUT2D eigenvalue weighted by Gasteiger charge is -2.10. The Hall–Kier alpha value is -3.11. The Bertz CT molecular complexity index is 1230. The van der Waals surface area contributed by atoms with Gasteiger partial charge in [-0.3, -0.25) is 10.1 Å². The molecular formula is C18H13Cl2F2N7O. The molecule has 0 spiro atoms. The Balaban J connectivity index is 1.54. The number of nitrogens with zero attached hydrogens (tertiary/aromatic N) is 6. The number of anilines is 1. The van der Waals surface area contributed by atoms with E-state index in [2.05, 4.69) is 25.5 Å². The lowest BCUT2D eigenvalue weighted by atomic mass is 10.2. The number of aryl methyl sites for hydroxylation is 1. The zero-order chi connectivity index (χ0) is 21.5. The molecule has 0 aliphatic carbocycles. The molecule has 0 radical (unpaired) electrons. The van der Waals surface area contributed by atoms with Gasteiger partial charge in [0, 0.05) is 16.8 Å². The first-order chi connectivity index (χ1) is 14.2. The summed E-state index contributed by atoms with van der Waals surface area (Å²) in [6, 6.07) is 9.59. The van der Waals surface area contributed by atoms with Gasteiger partial charge in [0.05, 0.1) is 6.54 Å². The first-order valence-corrected chi connectivity index (χ1v) is 9.34. The minimum Gasteiger partial charge on any atom is -0.288 e. The molecule has 0 unspecified atom stereocenters. The van der Waals surface area contributed by atoms with Crippen LogP contribution in [0, 0.1) is 6.92 Å². The first-order valence-electron chi connectivity index (χ1n) is 8.59. The molecule has 154 valence electrons. The predicted molar refractivity (Wildman–Crippen MR) is 106 cm³/mol. The number of carbonyl (C=O) groups is 1. The van der Waals surface area contributed by atoms with E-state index in [0.29, 0.717) is 17.3 Å². The third-order valence-corrected chi connectivity index (χ3v) is 4.54. The van der Waals surface area contributed by atoms with Crippen molar-refractivity contribution in [2.24, 2.45) is 0 Å². The topological polar surface area (TPSA) is 90.0 Å². The summed E-state index contributed by atoms with van der Waals surface area (Å²) in [5.41, 5.74) is 0.600. The highest BCUT2D eigenvalue weighted by Crippen LogP contribution is 2.32. The molecular weight excluding hydrogens is 439 g/mol. The third-order valence-electron chi connectivity index (χ3n) is 4.10. The molecule has 1 aromatic carbocycles. The molecule has 1 amide bonds. The molecule has 4 aromatic rings. The van der Waals surface area contributed by atoms with Crippen molar-refractivity contribution in [3.8, 4) is 0 Å². The summed E-state index contributed by atoms with van der Waals surface area (Å²) in [5.74, 6) is -0.635. The molecule has 3 heterocycles. The van der Waals surface area contributed by atoms with E-state index in [9.17, 15) is 13.6 Å². The summed E-state index contributed by atoms with van der Waals surface area (Å²) >= 11 is 11.0. The van der Waals surface area contributed by atoms with Crippen LogP contribution in [0.25, 0.3) is 5.65 Å². The molecule has 8 nitrogen and oxygen atoms in total. The second kappa shape index (κ2) is 7.62. The Morgan fingerprint density at radius 2 is 1.93 bits per heavy atom. The van der Waals surface area contributed by atoms with E-state index in [-0.39, 0.29) is 17.3 Å². The standard InChI is InChI=1S/C18H13Cl2F2N7O/c1-10-6-14(18(20,21)22)29-15(24-10)7-13(26-29)16(30)25-17-23-9-28(27-17)8-11-2-4-12(19)5-3-11/h2-7,9H,8H2,1H3,(H,25,27,30). The smallest absolute Gasteiger partial charge is 0.288 e.